The zero-order chi connectivity index (χ0) is 23.1. The van der Waals surface area contributed by atoms with Crippen LogP contribution in [-0.4, -0.2) is 60.5 Å². The van der Waals surface area contributed by atoms with E-state index in [1.54, 1.807) is 49.6 Å². The molecule has 1 aromatic carbocycles. The Morgan fingerprint density at radius 1 is 1.10 bits per heavy atom. The molecule has 168 valence electrons. The lowest BCUT2D eigenvalue weighted by atomic mass is 10.0. The standard InChI is InChI=1S/C23H29ClN2O5/c1-6-26-16(4)20(15(3)21(26)23(29)31-7-2)19(27)14-25(12-13-30-5)22(28)17-8-10-18(24)11-9-17/h8-11H,6-7,12-14H2,1-5H3. The molecule has 0 atom stereocenters. The maximum atomic E-state index is 13.3. The molecule has 0 saturated carbocycles. The topological polar surface area (TPSA) is 77.8 Å². The molecule has 0 fully saturated rings. The first-order chi connectivity index (χ1) is 14.8. The quantitative estimate of drug-likeness (QED) is 0.406. The fourth-order valence-electron chi connectivity index (χ4n) is 3.65. The second kappa shape index (κ2) is 11.1. The molecular weight excluding hydrogens is 420 g/mol. The number of hydrogen-bond acceptors (Lipinski definition) is 5. The van der Waals surface area contributed by atoms with Gasteiger partial charge < -0.3 is 18.9 Å². The predicted molar refractivity (Wildman–Crippen MR) is 119 cm³/mol. The summed E-state index contributed by atoms with van der Waals surface area (Å²) in [6.07, 6.45) is 0. The van der Waals surface area contributed by atoms with Crippen LogP contribution in [0.4, 0.5) is 0 Å². The first-order valence-electron chi connectivity index (χ1n) is 10.2. The van der Waals surface area contributed by atoms with E-state index in [-0.39, 0.29) is 38.0 Å². The summed E-state index contributed by atoms with van der Waals surface area (Å²) in [5.41, 5.74) is 2.49. The van der Waals surface area contributed by atoms with Crippen molar-refractivity contribution in [3.05, 3.63) is 57.4 Å². The Hall–Kier alpha value is -2.64. The van der Waals surface area contributed by atoms with Gasteiger partial charge in [-0.15, -0.1) is 0 Å². The van der Waals surface area contributed by atoms with E-state index in [0.717, 1.165) is 0 Å². The van der Waals surface area contributed by atoms with Crippen molar-refractivity contribution in [2.24, 2.45) is 0 Å². The van der Waals surface area contributed by atoms with Crippen LogP contribution in [0.3, 0.4) is 0 Å². The molecule has 31 heavy (non-hydrogen) atoms. The first kappa shape index (κ1) is 24.6. The first-order valence-corrected chi connectivity index (χ1v) is 10.6. The number of aromatic nitrogens is 1. The SMILES string of the molecule is CCOC(=O)c1c(C)c(C(=O)CN(CCOC)C(=O)c2ccc(Cl)cc2)c(C)n1CC. The second-order valence-corrected chi connectivity index (χ2v) is 7.48. The maximum Gasteiger partial charge on any atom is 0.355 e. The Morgan fingerprint density at radius 2 is 1.74 bits per heavy atom. The van der Waals surface area contributed by atoms with Crippen molar-refractivity contribution in [2.75, 3.05) is 33.4 Å². The number of carbonyl (C=O) groups excluding carboxylic acids is 3. The van der Waals surface area contributed by atoms with Crippen molar-refractivity contribution in [3.63, 3.8) is 0 Å². The lowest BCUT2D eigenvalue weighted by molar-refractivity contribution is 0.0512. The molecule has 0 aliphatic rings. The molecule has 2 rings (SSSR count). The fourth-order valence-corrected chi connectivity index (χ4v) is 3.77. The summed E-state index contributed by atoms with van der Waals surface area (Å²) in [5.74, 6) is -0.999. The highest BCUT2D eigenvalue weighted by atomic mass is 35.5. The summed E-state index contributed by atoms with van der Waals surface area (Å²) in [4.78, 5) is 40.2. The number of Topliss-reactive ketones (excluding diaryl/α,β-unsaturated/α-hetero) is 1. The van der Waals surface area contributed by atoms with Gasteiger partial charge in [0.1, 0.15) is 5.69 Å². The number of hydrogen-bond donors (Lipinski definition) is 0. The zero-order valence-corrected chi connectivity index (χ0v) is 19.4. The summed E-state index contributed by atoms with van der Waals surface area (Å²) in [6, 6.07) is 6.51. The van der Waals surface area contributed by atoms with Crippen LogP contribution >= 0.6 is 11.6 Å². The minimum Gasteiger partial charge on any atom is -0.461 e. The molecule has 7 nitrogen and oxygen atoms in total. The number of benzene rings is 1. The minimum atomic E-state index is -0.461. The van der Waals surface area contributed by atoms with Gasteiger partial charge in [0.2, 0.25) is 0 Å². The second-order valence-electron chi connectivity index (χ2n) is 7.05. The lowest BCUT2D eigenvalue weighted by Gasteiger charge is -2.22. The highest BCUT2D eigenvalue weighted by molar-refractivity contribution is 6.30. The molecule has 0 radical (unpaired) electrons. The van der Waals surface area contributed by atoms with Crippen LogP contribution < -0.4 is 0 Å². The van der Waals surface area contributed by atoms with Crippen LogP contribution in [0.25, 0.3) is 0 Å². The molecule has 1 amide bonds. The molecule has 0 aliphatic heterocycles. The number of nitrogens with zero attached hydrogens (tertiary/aromatic N) is 2. The summed E-state index contributed by atoms with van der Waals surface area (Å²) in [5, 5.41) is 0.523. The number of carbonyl (C=O) groups is 3. The number of halogens is 1. The van der Waals surface area contributed by atoms with E-state index < -0.39 is 5.97 Å². The number of ether oxygens (including phenoxy) is 2. The van der Waals surface area contributed by atoms with E-state index in [9.17, 15) is 14.4 Å². The zero-order valence-electron chi connectivity index (χ0n) is 18.7. The Balaban J connectivity index is 2.38. The van der Waals surface area contributed by atoms with E-state index in [2.05, 4.69) is 0 Å². The van der Waals surface area contributed by atoms with E-state index in [1.165, 1.54) is 12.0 Å². The van der Waals surface area contributed by atoms with Crippen LogP contribution in [0, 0.1) is 13.8 Å². The lowest BCUT2D eigenvalue weighted by Crippen LogP contribution is -2.38. The van der Waals surface area contributed by atoms with E-state index in [1.807, 2.05) is 6.92 Å². The minimum absolute atomic E-state index is 0.136. The summed E-state index contributed by atoms with van der Waals surface area (Å²) in [7, 11) is 1.54. The van der Waals surface area contributed by atoms with Crippen LogP contribution in [0.2, 0.25) is 5.02 Å². The van der Waals surface area contributed by atoms with Gasteiger partial charge in [-0.05, 0) is 57.5 Å². The van der Waals surface area contributed by atoms with Crippen molar-refractivity contribution in [2.45, 2.75) is 34.2 Å². The van der Waals surface area contributed by atoms with Gasteiger partial charge in [-0.2, -0.15) is 0 Å². The Morgan fingerprint density at radius 3 is 2.29 bits per heavy atom. The van der Waals surface area contributed by atoms with Crippen LogP contribution in [0.1, 0.15) is 56.3 Å². The molecule has 8 heteroatoms. The van der Waals surface area contributed by atoms with Crippen molar-refractivity contribution >= 4 is 29.3 Å². The van der Waals surface area contributed by atoms with Gasteiger partial charge >= 0.3 is 5.97 Å². The average molecular weight is 449 g/mol. The van der Waals surface area contributed by atoms with Gasteiger partial charge in [-0.25, -0.2) is 4.79 Å². The van der Waals surface area contributed by atoms with Gasteiger partial charge in [0, 0.05) is 42.0 Å². The molecule has 2 aromatic rings. The molecule has 0 N–H and O–H groups in total. The summed E-state index contributed by atoms with van der Waals surface area (Å²) >= 11 is 5.92. The van der Waals surface area contributed by atoms with Gasteiger partial charge in [-0.1, -0.05) is 11.6 Å². The van der Waals surface area contributed by atoms with Gasteiger partial charge in [-0.3, -0.25) is 9.59 Å². The smallest absolute Gasteiger partial charge is 0.355 e. The molecule has 0 unspecified atom stereocenters. The van der Waals surface area contributed by atoms with E-state index in [0.29, 0.717) is 39.6 Å². The number of methoxy groups -OCH3 is 1. The summed E-state index contributed by atoms with van der Waals surface area (Å²) in [6.45, 7) is 8.34. The monoisotopic (exact) mass is 448 g/mol. The van der Waals surface area contributed by atoms with Crippen LogP contribution in [0.5, 0.6) is 0 Å². The molecule has 0 spiro atoms. The molecule has 0 saturated heterocycles. The Bertz CT molecular complexity index is 950. The fraction of sp³-hybridized carbons (Fsp3) is 0.435. The average Bonchev–Trinajstić information content (AvgIpc) is 3.00. The van der Waals surface area contributed by atoms with Gasteiger partial charge in [0.05, 0.1) is 19.8 Å². The molecular formula is C23H29ClN2O5. The normalized spacial score (nSPS) is 10.8. The van der Waals surface area contributed by atoms with Crippen molar-refractivity contribution < 1.29 is 23.9 Å². The van der Waals surface area contributed by atoms with Crippen molar-refractivity contribution in [1.82, 2.24) is 9.47 Å². The highest BCUT2D eigenvalue weighted by Crippen LogP contribution is 2.24. The molecule has 0 bridgehead atoms. The van der Waals surface area contributed by atoms with Gasteiger partial charge in [0.15, 0.2) is 5.78 Å². The number of esters is 1. The van der Waals surface area contributed by atoms with Crippen LogP contribution in [0.15, 0.2) is 24.3 Å². The molecule has 1 aromatic heterocycles. The molecule has 1 heterocycles. The Kier molecular flexibility index (Phi) is 8.83. The summed E-state index contributed by atoms with van der Waals surface area (Å²) < 4.78 is 12.1. The Labute approximate surface area is 187 Å². The third kappa shape index (κ3) is 5.54. The largest absolute Gasteiger partial charge is 0.461 e. The third-order valence-corrected chi connectivity index (χ3v) is 5.36. The number of ketones is 1. The van der Waals surface area contributed by atoms with E-state index >= 15 is 0 Å². The number of amides is 1. The van der Waals surface area contributed by atoms with Crippen LogP contribution in [-0.2, 0) is 16.0 Å². The third-order valence-electron chi connectivity index (χ3n) is 5.11. The molecule has 0 aliphatic carbocycles. The predicted octanol–water partition coefficient (Wildman–Crippen LogP) is 3.93. The highest BCUT2D eigenvalue weighted by Gasteiger charge is 2.28. The maximum absolute atomic E-state index is 13.3. The van der Waals surface area contributed by atoms with Gasteiger partial charge in [0.25, 0.3) is 5.91 Å². The van der Waals surface area contributed by atoms with Crippen molar-refractivity contribution in [1.29, 1.82) is 0 Å². The number of rotatable bonds is 10. The van der Waals surface area contributed by atoms with E-state index in [4.69, 9.17) is 21.1 Å². The van der Waals surface area contributed by atoms with Crippen molar-refractivity contribution in [3.8, 4) is 0 Å².